The number of sulfone groups is 1. The number of hydrogen-bond acceptors (Lipinski definition) is 4. The highest BCUT2D eigenvalue weighted by Gasteiger charge is 2.40. The van der Waals surface area contributed by atoms with Gasteiger partial charge in [-0.3, -0.25) is 0 Å². The molecule has 0 spiro atoms. The molecule has 19 heavy (non-hydrogen) atoms. The summed E-state index contributed by atoms with van der Waals surface area (Å²) in [5.41, 5.74) is 0.780. The molecule has 0 aromatic heterocycles. The van der Waals surface area contributed by atoms with Gasteiger partial charge in [0.15, 0.2) is 9.84 Å². The van der Waals surface area contributed by atoms with Crippen molar-refractivity contribution >= 4 is 31.5 Å². The molecule has 0 fully saturated rings. The largest absolute Gasteiger partial charge is 0.369 e. The number of halogens is 1. The van der Waals surface area contributed by atoms with Crippen molar-refractivity contribution in [3.63, 3.8) is 0 Å². The molecule has 0 saturated carbocycles. The first-order valence-corrected chi connectivity index (χ1v) is 8.64. The van der Waals surface area contributed by atoms with Crippen molar-refractivity contribution in [3.05, 3.63) is 22.7 Å². The van der Waals surface area contributed by atoms with Crippen LogP contribution < -0.4 is 10.2 Å². The number of rotatable bonds is 3. The first-order chi connectivity index (χ1) is 8.89. The predicted molar refractivity (Wildman–Crippen MR) is 81.5 cm³/mol. The maximum absolute atomic E-state index is 12.7. The Morgan fingerprint density at radius 3 is 2.74 bits per heavy atom. The summed E-state index contributed by atoms with van der Waals surface area (Å²) in [5.74, 6) is 0. The van der Waals surface area contributed by atoms with Crippen molar-refractivity contribution in [1.82, 2.24) is 5.32 Å². The molecule has 1 aliphatic rings. The van der Waals surface area contributed by atoms with E-state index in [-0.39, 0.29) is 11.3 Å². The Morgan fingerprint density at radius 2 is 2.11 bits per heavy atom. The van der Waals surface area contributed by atoms with Gasteiger partial charge >= 0.3 is 0 Å². The molecular weight excluding hydrogens is 328 g/mol. The molecule has 1 N–H and O–H groups in total. The second-order valence-electron chi connectivity index (χ2n) is 4.94. The summed E-state index contributed by atoms with van der Waals surface area (Å²) in [7, 11) is 0.541. The van der Waals surface area contributed by atoms with E-state index in [9.17, 15) is 8.42 Å². The molecule has 0 bridgehead atoms. The lowest BCUT2D eigenvalue weighted by molar-refractivity contribution is 0.515. The molecule has 1 aromatic rings. The summed E-state index contributed by atoms with van der Waals surface area (Å²) in [4.78, 5) is 2.50. The van der Waals surface area contributed by atoms with Gasteiger partial charge in [-0.05, 0) is 45.1 Å². The Hall–Kier alpha value is -0.590. The summed E-state index contributed by atoms with van der Waals surface area (Å²) in [5, 5.41) is 2.67. The molecule has 0 saturated heterocycles. The smallest absolute Gasteiger partial charge is 0.185 e. The summed E-state index contributed by atoms with van der Waals surface area (Å²) in [6.07, 6.45) is 0.625. The van der Waals surface area contributed by atoms with Gasteiger partial charge in [-0.1, -0.05) is 15.9 Å². The van der Waals surface area contributed by atoms with Crippen molar-refractivity contribution < 1.29 is 8.42 Å². The minimum atomic E-state index is -3.26. The molecular formula is C13H19BrN2O2S. The summed E-state index contributed by atoms with van der Waals surface area (Å²) >= 11 is 3.40. The molecule has 106 valence electrons. The second kappa shape index (κ2) is 5.42. The normalized spacial score (nSPS) is 25.2. The van der Waals surface area contributed by atoms with E-state index in [1.807, 2.05) is 27.1 Å². The minimum absolute atomic E-state index is 0.0276. The Kier molecular flexibility index (Phi) is 4.23. The molecule has 0 amide bonds. The van der Waals surface area contributed by atoms with Crippen LogP contribution in [0.25, 0.3) is 0 Å². The van der Waals surface area contributed by atoms with E-state index in [0.29, 0.717) is 17.9 Å². The predicted octanol–water partition coefficient (Wildman–Crippen LogP) is 2.04. The summed E-state index contributed by atoms with van der Waals surface area (Å²) in [6.45, 7) is 2.68. The van der Waals surface area contributed by atoms with Crippen LogP contribution >= 0.6 is 15.9 Å². The third-order valence-corrected chi connectivity index (χ3v) is 6.71. The molecule has 2 rings (SSSR count). The molecule has 1 heterocycles. The average Bonchev–Trinajstić information content (AvgIpc) is 2.36. The van der Waals surface area contributed by atoms with Crippen LogP contribution in [0.3, 0.4) is 0 Å². The van der Waals surface area contributed by atoms with Gasteiger partial charge in [0.05, 0.1) is 15.8 Å². The van der Waals surface area contributed by atoms with Gasteiger partial charge in [0.2, 0.25) is 0 Å². The third-order valence-electron chi connectivity index (χ3n) is 3.83. The van der Waals surface area contributed by atoms with Crippen molar-refractivity contribution in [2.24, 2.45) is 0 Å². The fourth-order valence-electron chi connectivity index (χ4n) is 2.58. The topological polar surface area (TPSA) is 49.4 Å². The Morgan fingerprint density at radius 1 is 1.42 bits per heavy atom. The first kappa shape index (κ1) is 14.8. The van der Waals surface area contributed by atoms with Crippen LogP contribution in [0.4, 0.5) is 5.69 Å². The zero-order valence-electron chi connectivity index (χ0n) is 11.4. The number of nitrogens with one attached hydrogen (secondary N) is 1. The maximum Gasteiger partial charge on any atom is 0.185 e. The zero-order valence-corrected chi connectivity index (χ0v) is 13.8. The van der Waals surface area contributed by atoms with E-state index in [1.54, 1.807) is 12.1 Å². The summed E-state index contributed by atoms with van der Waals surface area (Å²) in [6, 6.07) is 5.33. The number of fused-ring (bicyclic) bond motifs is 1. The van der Waals surface area contributed by atoms with Crippen LogP contribution in [0, 0.1) is 0 Å². The van der Waals surface area contributed by atoms with Crippen LogP contribution in [0.2, 0.25) is 0 Å². The van der Waals surface area contributed by atoms with E-state index in [1.165, 1.54) is 0 Å². The highest BCUT2D eigenvalue weighted by Crippen LogP contribution is 2.38. The SMILES string of the molecule is CNCCC1C(C)N(C)c2cc(Br)ccc2S1(=O)=O. The van der Waals surface area contributed by atoms with Gasteiger partial charge in [0.1, 0.15) is 0 Å². The van der Waals surface area contributed by atoms with Crippen LogP contribution in [-0.4, -0.2) is 40.3 Å². The monoisotopic (exact) mass is 346 g/mol. The molecule has 0 radical (unpaired) electrons. The number of hydrogen-bond donors (Lipinski definition) is 1. The Labute approximate surface area is 123 Å². The van der Waals surface area contributed by atoms with Crippen molar-refractivity contribution in [1.29, 1.82) is 0 Å². The number of benzene rings is 1. The van der Waals surface area contributed by atoms with Crippen molar-refractivity contribution in [2.45, 2.75) is 29.5 Å². The average molecular weight is 347 g/mol. The molecule has 2 unspecified atom stereocenters. The molecule has 1 aliphatic heterocycles. The molecule has 6 heteroatoms. The lowest BCUT2D eigenvalue weighted by Crippen LogP contribution is -2.48. The summed E-state index contributed by atoms with van der Waals surface area (Å²) < 4.78 is 26.3. The maximum atomic E-state index is 12.7. The van der Waals surface area contributed by atoms with Crippen LogP contribution in [-0.2, 0) is 9.84 Å². The number of nitrogens with zero attached hydrogens (tertiary/aromatic N) is 1. The minimum Gasteiger partial charge on any atom is -0.369 e. The van der Waals surface area contributed by atoms with E-state index in [2.05, 4.69) is 26.1 Å². The van der Waals surface area contributed by atoms with E-state index < -0.39 is 9.84 Å². The highest BCUT2D eigenvalue weighted by atomic mass is 79.9. The highest BCUT2D eigenvalue weighted by molar-refractivity contribution is 9.10. The Bertz CT molecular complexity index is 574. The van der Waals surface area contributed by atoms with Crippen molar-refractivity contribution in [2.75, 3.05) is 25.5 Å². The second-order valence-corrected chi connectivity index (χ2v) is 7.99. The standard InChI is InChI=1S/C13H19BrN2O2S/c1-9-12(6-7-15-2)19(17,18)13-5-4-10(14)8-11(13)16(9)3/h4-5,8-9,12,15H,6-7H2,1-3H3. The van der Waals surface area contributed by atoms with E-state index >= 15 is 0 Å². The quantitative estimate of drug-likeness (QED) is 0.909. The molecule has 1 aromatic carbocycles. The fraction of sp³-hybridized carbons (Fsp3) is 0.538. The molecule has 2 atom stereocenters. The van der Waals surface area contributed by atoms with Gasteiger partial charge in [0.25, 0.3) is 0 Å². The Balaban J connectivity index is 2.52. The third kappa shape index (κ3) is 2.53. The molecule has 0 aliphatic carbocycles. The van der Waals surface area contributed by atoms with Crippen LogP contribution in [0.1, 0.15) is 13.3 Å². The van der Waals surface area contributed by atoms with Gasteiger partial charge in [0, 0.05) is 17.6 Å². The van der Waals surface area contributed by atoms with Crippen LogP contribution in [0.5, 0.6) is 0 Å². The van der Waals surface area contributed by atoms with Gasteiger partial charge in [-0.25, -0.2) is 8.42 Å². The molecule has 4 nitrogen and oxygen atoms in total. The van der Waals surface area contributed by atoms with E-state index in [0.717, 1.165) is 10.2 Å². The first-order valence-electron chi connectivity index (χ1n) is 6.30. The van der Waals surface area contributed by atoms with Gasteiger partial charge in [-0.2, -0.15) is 0 Å². The van der Waals surface area contributed by atoms with E-state index in [4.69, 9.17) is 0 Å². The zero-order chi connectivity index (χ0) is 14.2. The van der Waals surface area contributed by atoms with Gasteiger partial charge in [-0.15, -0.1) is 0 Å². The van der Waals surface area contributed by atoms with Crippen molar-refractivity contribution in [3.8, 4) is 0 Å². The lowest BCUT2D eigenvalue weighted by atomic mass is 10.1. The fourth-order valence-corrected chi connectivity index (χ4v) is 5.14. The van der Waals surface area contributed by atoms with Gasteiger partial charge < -0.3 is 10.2 Å². The van der Waals surface area contributed by atoms with Crippen LogP contribution in [0.15, 0.2) is 27.6 Å². The number of anilines is 1. The lowest BCUT2D eigenvalue weighted by Gasteiger charge is -2.39.